The van der Waals surface area contributed by atoms with Crippen LogP contribution in [0.3, 0.4) is 0 Å². The highest BCUT2D eigenvalue weighted by molar-refractivity contribution is 9.10. The highest BCUT2D eigenvalue weighted by Gasteiger charge is 2.05. The highest BCUT2D eigenvalue weighted by Crippen LogP contribution is 2.26. The lowest BCUT2D eigenvalue weighted by Crippen LogP contribution is -1.84. The number of hydrogen-bond acceptors (Lipinski definition) is 3. The lowest BCUT2D eigenvalue weighted by molar-refractivity contribution is 0.603. The average Bonchev–Trinajstić information content (AvgIpc) is 2.45. The van der Waals surface area contributed by atoms with Crippen LogP contribution in [-0.4, -0.2) is 4.98 Å². The van der Waals surface area contributed by atoms with Gasteiger partial charge in [-0.25, -0.2) is 4.98 Å². The van der Waals surface area contributed by atoms with Crippen molar-refractivity contribution in [2.75, 3.05) is 5.73 Å². The number of nitrogens with zero attached hydrogens (tertiary/aromatic N) is 1. The molecule has 11 heavy (non-hydrogen) atoms. The van der Waals surface area contributed by atoms with Gasteiger partial charge in [0, 0.05) is 4.47 Å². The summed E-state index contributed by atoms with van der Waals surface area (Å²) in [6.45, 7) is 0. The molecule has 0 amide bonds. The molecular weight excluding hydrogens is 208 g/mol. The minimum Gasteiger partial charge on any atom is -0.441 e. The Balaban J connectivity index is 2.96. The van der Waals surface area contributed by atoms with Crippen LogP contribution in [0.15, 0.2) is 27.4 Å². The maximum atomic E-state index is 5.61. The Kier molecular flexibility index (Phi) is 1.35. The number of benzene rings is 1. The molecule has 1 aromatic carbocycles. The number of halogens is 1. The van der Waals surface area contributed by atoms with Crippen LogP contribution in [0.2, 0.25) is 0 Å². The standard InChI is InChI=1S/C7H5BrN2O/c8-4-1-2-5(9)7-6(4)10-3-11-7/h1-3H,9H2. The average molecular weight is 213 g/mol. The summed E-state index contributed by atoms with van der Waals surface area (Å²) in [5.74, 6) is 0. The Morgan fingerprint density at radius 2 is 2.27 bits per heavy atom. The number of aromatic nitrogens is 1. The van der Waals surface area contributed by atoms with Crippen LogP contribution in [0.25, 0.3) is 11.1 Å². The molecule has 0 spiro atoms. The molecule has 0 aliphatic carbocycles. The highest BCUT2D eigenvalue weighted by atomic mass is 79.9. The van der Waals surface area contributed by atoms with Crippen molar-refractivity contribution in [3.05, 3.63) is 23.0 Å². The lowest BCUT2D eigenvalue weighted by atomic mass is 10.3. The van der Waals surface area contributed by atoms with Gasteiger partial charge in [0.2, 0.25) is 0 Å². The number of anilines is 1. The van der Waals surface area contributed by atoms with Gasteiger partial charge >= 0.3 is 0 Å². The Morgan fingerprint density at radius 1 is 1.45 bits per heavy atom. The van der Waals surface area contributed by atoms with Crippen molar-refractivity contribution in [1.29, 1.82) is 0 Å². The molecule has 0 radical (unpaired) electrons. The van der Waals surface area contributed by atoms with Gasteiger partial charge < -0.3 is 10.2 Å². The summed E-state index contributed by atoms with van der Waals surface area (Å²) in [7, 11) is 0. The van der Waals surface area contributed by atoms with Crippen LogP contribution in [0.5, 0.6) is 0 Å². The molecule has 0 unspecified atom stereocenters. The van der Waals surface area contributed by atoms with E-state index in [1.165, 1.54) is 6.39 Å². The normalized spacial score (nSPS) is 10.6. The molecule has 0 saturated carbocycles. The van der Waals surface area contributed by atoms with Crippen molar-refractivity contribution in [1.82, 2.24) is 4.98 Å². The molecule has 4 heteroatoms. The molecule has 1 heterocycles. The van der Waals surface area contributed by atoms with Crippen molar-refractivity contribution in [2.24, 2.45) is 0 Å². The molecule has 0 atom stereocenters. The Hall–Kier alpha value is -1.03. The van der Waals surface area contributed by atoms with Gasteiger partial charge in [-0.3, -0.25) is 0 Å². The molecule has 0 aliphatic heterocycles. The second-order valence-electron chi connectivity index (χ2n) is 2.17. The van der Waals surface area contributed by atoms with E-state index in [9.17, 15) is 0 Å². The van der Waals surface area contributed by atoms with Crippen molar-refractivity contribution in [3.8, 4) is 0 Å². The molecular formula is C7H5BrN2O. The minimum absolute atomic E-state index is 0.612. The van der Waals surface area contributed by atoms with Crippen molar-refractivity contribution < 1.29 is 4.42 Å². The quantitative estimate of drug-likeness (QED) is 0.682. The van der Waals surface area contributed by atoms with E-state index in [1.54, 1.807) is 6.07 Å². The molecule has 2 N–H and O–H groups in total. The fourth-order valence-corrected chi connectivity index (χ4v) is 1.35. The van der Waals surface area contributed by atoms with E-state index in [2.05, 4.69) is 20.9 Å². The maximum absolute atomic E-state index is 5.61. The zero-order valence-electron chi connectivity index (χ0n) is 5.54. The van der Waals surface area contributed by atoms with Crippen LogP contribution >= 0.6 is 15.9 Å². The number of hydrogen-bond donors (Lipinski definition) is 1. The minimum atomic E-state index is 0.612. The van der Waals surface area contributed by atoms with E-state index in [0.29, 0.717) is 11.3 Å². The number of oxazole rings is 1. The molecule has 0 saturated heterocycles. The van der Waals surface area contributed by atoms with E-state index >= 15 is 0 Å². The molecule has 3 nitrogen and oxygen atoms in total. The van der Waals surface area contributed by atoms with Gasteiger partial charge in [-0.2, -0.15) is 0 Å². The van der Waals surface area contributed by atoms with E-state index in [4.69, 9.17) is 10.2 Å². The zero-order chi connectivity index (χ0) is 7.84. The summed E-state index contributed by atoms with van der Waals surface area (Å²) in [6, 6.07) is 3.62. The smallest absolute Gasteiger partial charge is 0.182 e. The Morgan fingerprint density at radius 3 is 3.00 bits per heavy atom. The van der Waals surface area contributed by atoms with Gasteiger partial charge in [0.25, 0.3) is 0 Å². The van der Waals surface area contributed by atoms with Gasteiger partial charge in [0.05, 0.1) is 5.69 Å². The summed E-state index contributed by atoms with van der Waals surface area (Å²) in [4.78, 5) is 3.99. The van der Waals surface area contributed by atoms with Gasteiger partial charge in [0.1, 0.15) is 5.52 Å². The van der Waals surface area contributed by atoms with Crippen LogP contribution in [-0.2, 0) is 0 Å². The predicted octanol–water partition coefficient (Wildman–Crippen LogP) is 2.17. The molecule has 1 aromatic heterocycles. The first-order valence-electron chi connectivity index (χ1n) is 3.06. The summed E-state index contributed by atoms with van der Waals surface area (Å²) in [5.41, 5.74) is 7.63. The van der Waals surface area contributed by atoms with Crippen LogP contribution in [0, 0.1) is 0 Å². The summed E-state index contributed by atoms with van der Waals surface area (Å²) >= 11 is 3.33. The topological polar surface area (TPSA) is 52.0 Å². The lowest BCUT2D eigenvalue weighted by Gasteiger charge is -1.93. The van der Waals surface area contributed by atoms with Crippen molar-refractivity contribution in [3.63, 3.8) is 0 Å². The third-order valence-corrected chi connectivity index (χ3v) is 2.10. The number of rotatable bonds is 0. The first-order chi connectivity index (χ1) is 5.29. The molecule has 0 bridgehead atoms. The third kappa shape index (κ3) is 0.903. The molecule has 2 rings (SSSR count). The van der Waals surface area contributed by atoms with Gasteiger partial charge in [-0.1, -0.05) is 0 Å². The van der Waals surface area contributed by atoms with Crippen LogP contribution in [0.1, 0.15) is 0 Å². The number of nitrogens with two attached hydrogens (primary N) is 1. The summed E-state index contributed by atoms with van der Waals surface area (Å²) < 4.78 is 5.96. The van der Waals surface area contributed by atoms with Crippen LogP contribution < -0.4 is 5.73 Å². The molecule has 56 valence electrons. The van der Waals surface area contributed by atoms with Crippen molar-refractivity contribution in [2.45, 2.75) is 0 Å². The van der Waals surface area contributed by atoms with E-state index in [1.807, 2.05) is 6.07 Å². The second kappa shape index (κ2) is 2.23. The second-order valence-corrected chi connectivity index (χ2v) is 3.02. The number of nitrogen functional groups attached to an aromatic ring is 1. The zero-order valence-corrected chi connectivity index (χ0v) is 7.13. The fourth-order valence-electron chi connectivity index (χ4n) is 0.939. The Labute approximate surface area is 71.3 Å². The predicted molar refractivity (Wildman–Crippen MR) is 46.1 cm³/mol. The van der Waals surface area contributed by atoms with E-state index in [-0.39, 0.29) is 0 Å². The van der Waals surface area contributed by atoms with E-state index < -0.39 is 0 Å². The first kappa shape index (κ1) is 6.67. The van der Waals surface area contributed by atoms with Crippen LogP contribution in [0.4, 0.5) is 5.69 Å². The molecule has 0 fully saturated rings. The monoisotopic (exact) mass is 212 g/mol. The summed E-state index contributed by atoms with van der Waals surface area (Å²) in [6.07, 6.45) is 1.38. The van der Waals surface area contributed by atoms with Crippen molar-refractivity contribution >= 4 is 32.7 Å². The summed E-state index contributed by atoms with van der Waals surface area (Å²) in [5, 5.41) is 0. The van der Waals surface area contributed by atoms with Gasteiger partial charge in [-0.15, -0.1) is 0 Å². The maximum Gasteiger partial charge on any atom is 0.182 e. The number of fused-ring (bicyclic) bond motifs is 1. The molecule has 2 aromatic rings. The van der Waals surface area contributed by atoms with Gasteiger partial charge in [-0.05, 0) is 28.1 Å². The fraction of sp³-hybridized carbons (Fsp3) is 0. The van der Waals surface area contributed by atoms with Gasteiger partial charge in [0.15, 0.2) is 12.0 Å². The SMILES string of the molecule is Nc1ccc(Br)c2ncoc12. The molecule has 0 aliphatic rings. The largest absolute Gasteiger partial charge is 0.441 e. The Bertz CT molecular complexity index is 360. The third-order valence-electron chi connectivity index (χ3n) is 1.47. The first-order valence-corrected chi connectivity index (χ1v) is 3.85. The van der Waals surface area contributed by atoms with E-state index in [0.717, 1.165) is 9.99 Å².